The number of nitrogens with one attached hydrogen (secondary N) is 1. The fourth-order valence-corrected chi connectivity index (χ4v) is 3.09. The van der Waals surface area contributed by atoms with Crippen molar-refractivity contribution in [2.75, 3.05) is 11.1 Å². The van der Waals surface area contributed by atoms with E-state index in [0.29, 0.717) is 17.5 Å². The molecule has 112 valence electrons. The van der Waals surface area contributed by atoms with Gasteiger partial charge in [-0.25, -0.2) is 0 Å². The molecule has 0 saturated heterocycles. The summed E-state index contributed by atoms with van der Waals surface area (Å²) in [5.74, 6) is 1.79. The van der Waals surface area contributed by atoms with Crippen molar-refractivity contribution in [2.45, 2.75) is 17.0 Å². The predicted octanol–water partition coefficient (Wildman–Crippen LogP) is 2.65. The highest BCUT2D eigenvalue weighted by atomic mass is 32.2. The maximum absolute atomic E-state index is 5.76. The van der Waals surface area contributed by atoms with Crippen LogP contribution in [-0.2, 0) is 5.75 Å². The van der Waals surface area contributed by atoms with E-state index in [1.165, 1.54) is 23.1 Å². The van der Waals surface area contributed by atoms with Crippen molar-refractivity contribution in [3.63, 3.8) is 0 Å². The molecule has 9 heteroatoms. The molecule has 0 aliphatic carbocycles. The second-order valence-electron chi connectivity index (χ2n) is 4.37. The molecule has 0 aliphatic heterocycles. The molecular weight excluding hydrogens is 318 g/mol. The molecule has 0 saturated carbocycles. The van der Waals surface area contributed by atoms with E-state index in [0.717, 1.165) is 15.6 Å². The van der Waals surface area contributed by atoms with E-state index in [4.69, 9.17) is 5.73 Å². The Kier molecular flexibility index (Phi) is 4.45. The van der Waals surface area contributed by atoms with Crippen LogP contribution in [0.4, 0.5) is 17.6 Å². The first-order valence-corrected chi connectivity index (χ1v) is 8.29. The molecule has 3 rings (SSSR count). The number of aryl methyl sites for hydroxylation is 1. The number of anilines is 3. The van der Waals surface area contributed by atoms with Gasteiger partial charge >= 0.3 is 0 Å². The van der Waals surface area contributed by atoms with Crippen molar-refractivity contribution in [2.24, 2.45) is 0 Å². The number of hydrogen-bond donors (Lipinski definition) is 2. The van der Waals surface area contributed by atoms with Crippen LogP contribution in [0, 0.1) is 6.92 Å². The third-order valence-corrected chi connectivity index (χ3v) is 4.61. The van der Waals surface area contributed by atoms with Gasteiger partial charge in [0.05, 0.1) is 5.75 Å². The van der Waals surface area contributed by atoms with Gasteiger partial charge in [0.1, 0.15) is 11.3 Å². The summed E-state index contributed by atoms with van der Waals surface area (Å²) in [5, 5.41) is 10.9. The third kappa shape index (κ3) is 3.68. The van der Waals surface area contributed by atoms with Gasteiger partial charge in [-0.1, -0.05) is 41.3 Å². The van der Waals surface area contributed by atoms with Gasteiger partial charge in [0.15, 0.2) is 4.34 Å². The molecule has 0 fully saturated rings. The Bertz CT molecular complexity index is 761. The molecule has 2 aromatic heterocycles. The average Bonchev–Trinajstić information content (AvgIpc) is 3.00. The van der Waals surface area contributed by atoms with Crippen molar-refractivity contribution < 1.29 is 0 Å². The topological polar surface area (TPSA) is 102 Å². The Morgan fingerprint density at radius 3 is 2.86 bits per heavy atom. The highest BCUT2D eigenvalue weighted by Crippen LogP contribution is 2.23. The molecule has 0 aliphatic rings. The second-order valence-corrected chi connectivity index (χ2v) is 6.42. The largest absolute Gasteiger partial charge is 0.368 e. The van der Waals surface area contributed by atoms with Crippen LogP contribution in [0.1, 0.15) is 11.4 Å². The van der Waals surface area contributed by atoms with Crippen molar-refractivity contribution in [3.8, 4) is 0 Å². The van der Waals surface area contributed by atoms with Crippen molar-refractivity contribution in [3.05, 3.63) is 41.2 Å². The van der Waals surface area contributed by atoms with Crippen molar-refractivity contribution in [1.29, 1.82) is 0 Å². The van der Waals surface area contributed by atoms with E-state index >= 15 is 0 Å². The number of aromatic nitrogens is 5. The number of thioether (sulfide) groups is 1. The van der Waals surface area contributed by atoms with Gasteiger partial charge in [0.25, 0.3) is 0 Å². The van der Waals surface area contributed by atoms with Crippen LogP contribution in [0.15, 0.2) is 34.1 Å². The SMILES string of the molecule is Cc1ccccc1Nc1nc(N)nc(CSc2nncs2)n1. The summed E-state index contributed by atoms with van der Waals surface area (Å²) >= 11 is 2.99. The highest BCUT2D eigenvalue weighted by Gasteiger charge is 2.08. The van der Waals surface area contributed by atoms with Crippen LogP contribution in [0.5, 0.6) is 0 Å². The van der Waals surface area contributed by atoms with E-state index in [-0.39, 0.29) is 5.95 Å². The van der Waals surface area contributed by atoms with Gasteiger partial charge in [-0.3, -0.25) is 0 Å². The van der Waals surface area contributed by atoms with E-state index < -0.39 is 0 Å². The minimum Gasteiger partial charge on any atom is -0.368 e. The molecule has 0 amide bonds. The van der Waals surface area contributed by atoms with E-state index in [9.17, 15) is 0 Å². The summed E-state index contributed by atoms with van der Waals surface area (Å²) in [5.41, 5.74) is 9.50. The Labute approximate surface area is 135 Å². The fraction of sp³-hybridized carbons (Fsp3) is 0.154. The summed E-state index contributed by atoms with van der Waals surface area (Å²) < 4.78 is 0.868. The smallest absolute Gasteiger partial charge is 0.232 e. The minimum absolute atomic E-state index is 0.193. The maximum Gasteiger partial charge on any atom is 0.232 e. The lowest BCUT2D eigenvalue weighted by atomic mass is 10.2. The molecule has 0 unspecified atom stereocenters. The first-order valence-electron chi connectivity index (χ1n) is 6.43. The quantitative estimate of drug-likeness (QED) is 0.688. The Morgan fingerprint density at radius 1 is 1.23 bits per heavy atom. The first-order chi connectivity index (χ1) is 10.7. The van der Waals surface area contributed by atoms with Gasteiger partial charge in [-0.05, 0) is 18.6 Å². The van der Waals surface area contributed by atoms with Crippen LogP contribution >= 0.6 is 23.1 Å². The number of nitrogens with two attached hydrogens (primary N) is 1. The predicted molar refractivity (Wildman–Crippen MR) is 88.2 cm³/mol. The average molecular weight is 331 g/mol. The van der Waals surface area contributed by atoms with Crippen LogP contribution in [0.2, 0.25) is 0 Å². The molecule has 7 nitrogen and oxygen atoms in total. The molecular formula is C13H13N7S2. The summed E-state index contributed by atoms with van der Waals surface area (Å²) in [6.45, 7) is 2.01. The first kappa shape index (κ1) is 14.7. The van der Waals surface area contributed by atoms with Gasteiger partial charge in [-0.15, -0.1) is 10.2 Å². The molecule has 0 atom stereocenters. The lowest BCUT2D eigenvalue weighted by Crippen LogP contribution is -2.07. The monoisotopic (exact) mass is 331 g/mol. The standard InChI is InChI=1S/C13H13N7S2/c1-8-4-2-3-5-9(8)16-12-18-10(17-11(14)19-12)6-21-13-20-15-7-22-13/h2-5,7H,6H2,1H3,(H3,14,16,17,18,19). The Morgan fingerprint density at radius 2 is 2.09 bits per heavy atom. The normalized spacial score (nSPS) is 10.6. The Balaban J connectivity index is 1.76. The number of para-hydroxylation sites is 1. The van der Waals surface area contributed by atoms with Crippen LogP contribution < -0.4 is 11.1 Å². The summed E-state index contributed by atoms with van der Waals surface area (Å²) in [6.07, 6.45) is 0. The van der Waals surface area contributed by atoms with Gasteiger partial charge in [0.2, 0.25) is 11.9 Å². The maximum atomic E-state index is 5.76. The molecule has 0 spiro atoms. The summed E-state index contributed by atoms with van der Waals surface area (Å²) in [7, 11) is 0. The molecule has 1 aromatic carbocycles. The van der Waals surface area contributed by atoms with Gasteiger partial charge < -0.3 is 11.1 Å². The third-order valence-electron chi connectivity index (χ3n) is 2.76. The zero-order valence-corrected chi connectivity index (χ0v) is 13.4. The van der Waals surface area contributed by atoms with Crippen LogP contribution in [0.25, 0.3) is 0 Å². The minimum atomic E-state index is 0.193. The summed E-state index contributed by atoms with van der Waals surface area (Å²) in [4.78, 5) is 12.7. The second kappa shape index (κ2) is 6.67. The molecule has 22 heavy (non-hydrogen) atoms. The number of nitrogens with zero attached hydrogens (tertiary/aromatic N) is 5. The fourth-order valence-electron chi connectivity index (χ4n) is 1.74. The van der Waals surface area contributed by atoms with E-state index in [1.54, 1.807) is 5.51 Å². The Hall–Kier alpha value is -2.26. The molecule has 3 N–H and O–H groups in total. The van der Waals surface area contributed by atoms with E-state index in [1.807, 2.05) is 31.2 Å². The van der Waals surface area contributed by atoms with E-state index in [2.05, 4.69) is 30.5 Å². The lowest BCUT2D eigenvalue weighted by Gasteiger charge is -2.09. The number of rotatable bonds is 5. The molecule has 2 heterocycles. The number of hydrogen-bond acceptors (Lipinski definition) is 9. The number of benzene rings is 1. The molecule has 0 radical (unpaired) electrons. The zero-order chi connectivity index (χ0) is 15.4. The summed E-state index contributed by atoms with van der Waals surface area (Å²) in [6, 6.07) is 7.91. The van der Waals surface area contributed by atoms with Crippen LogP contribution in [-0.4, -0.2) is 25.1 Å². The number of nitrogen functional groups attached to an aromatic ring is 1. The van der Waals surface area contributed by atoms with Gasteiger partial charge in [-0.2, -0.15) is 15.0 Å². The zero-order valence-electron chi connectivity index (χ0n) is 11.7. The van der Waals surface area contributed by atoms with Crippen LogP contribution in [0.3, 0.4) is 0 Å². The molecule has 0 bridgehead atoms. The van der Waals surface area contributed by atoms with Gasteiger partial charge in [0, 0.05) is 5.69 Å². The van der Waals surface area contributed by atoms with Crippen molar-refractivity contribution >= 4 is 40.7 Å². The molecule has 3 aromatic rings. The van der Waals surface area contributed by atoms with Crippen molar-refractivity contribution in [1.82, 2.24) is 25.1 Å². The highest BCUT2D eigenvalue weighted by molar-refractivity contribution is 8.00. The lowest BCUT2D eigenvalue weighted by molar-refractivity contribution is 0.974.